The molecule has 0 saturated heterocycles. The van der Waals surface area contributed by atoms with E-state index in [1.807, 2.05) is 0 Å². The van der Waals surface area contributed by atoms with Crippen LogP contribution in [0.4, 0.5) is 8.78 Å². The lowest BCUT2D eigenvalue weighted by Gasteiger charge is -2.10. The van der Waals surface area contributed by atoms with Crippen molar-refractivity contribution in [1.82, 2.24) is 4.98 Å². The number of rotatable bonds is 3. The molecule has 0 unspecified atom stereocenters. The molecule has 2 aromatic carbocycles. The molecular weight excluding hydrogens is 304 g/mol. The molecule has 0 spiro atoms. The van der Waals surface area contributed by atoms with Crippen molar-refractivity contribution in [3.8, 4) is 22.4 Å². The van der Waals surface area contributed by atoms with E-state index in [1.165, 1.54) is 12.1 Å². The van der Waals surface area contributed by atoms with Crippen LogP contribution in [0, 0.1) is 11.6 Å². The van der Waals surface area contributed by atoms with E-state index < -0.39 is 0 Å². The van der Waals surface area contributed by atoms with Crippen molar-refractivity contribution in [1.29, 1.82) is 0 Å². The van der Waals surface area contributed by atoms with Crippen LogP contribution in [0.3, 0.4) is 0 Å². The average molecular weight is 316 g/mol. The smallest absolute Gasteiger partial charge is 0.132 e. The Bertz CT molecular complexity index is 818. The molecule has 0 bridgehead atoms. The zero-order valence-electron chi connectivity index (χ0n) is 11.6. The molecule has 110 valence electrons. The Balaban J connectivity index is 2.13. The van der Waals surface area contributed by atoms with Gasteiger partial charge in [0.05, 0.1) is 17.3 Å². The Hall–Kier alpha value is -2.26. The maximum Gasteiger partial charge on any atom is 0.132 e. The Kier molecular flexibility index (Phi) is 4.16. The van der Waals surface area contributed by atoms with Gasteiger partial charge in [-0.05, 0) is 24.3 Å². The average Bonchev–Trinajstić information content (AvgIpc) is 2.55. The van der Waals surface area contributed by atoms with E-state index >= 15 is 0 Å². The van der Waals surface area contributed by atoms with Crippen molar-refractivity contribution in [2.24, 2.45) is 0 Å². The van der Waals surface area contributed by atoms with Gasteiger partial charge in [-0.1, -0.05) is 36.4 Å². The van der Waals surface area contributed by atoms with Gasteiger partial charge in [0, 0.05) is 16.7 Å². The first-order chi connectivity index (χ1) is 10.7. The van der Waals surface area contributed by atoms with Crippen LogP contribution in [-0.4, -0.2) is 4.98 Å². The third-order valence-corrected chi connectivity index (χ3v) is 3.67. The minimum absolute atomic E-state index is 0.117. The van der Waals surface area contributed by atoms with Gasteiger partial charge in [0.25, 0.3) is 0 Å². The number of halogens is 3. The number of pyridine rings is 1. The van der Waals surface area contributed by atoms with Crippen molar-refractivity contribution in [2.75, 3.05) is 0 Å². The molecule has 22 heavy (non-hydrogen) atoms. The van der Waals surface area contributed by atoms with Crippen LogP contribution >= 0.6 is 11.6 Å². The monoisotopic (exact) mass is 315 g/mol. The summed E-state index contributed by atoms with van der Waals surface area (Å²) < 4.78 is 27.8. The van der Waals surface area contributed by atoms with Gasteiger partial charge >= 0.3 is 0 Å². The number of alkyl halides is 1. The van der Waals surface area contributed by atoms with E-state index in [4.69, 9.17) is 11.6 Å². The van der Waals surface area contributed by atoms with Gasteiger partial charge in [-0.15, -0.1) is 11.6 Å². The van der Waals surface area contributed by atoms with Gasteiger partial charge in [-0.25, -0.2) is 8.78 Å². The predicted octanol–water partition coefficient (Wildman–Crippen LogP) is 5.43. The molecule has 0 aliphatic rings. The normalized spacial score (nSPS) is 10.7. The summed E-state index contributed by atoms with van der Waals surface area (Å²) in [4.78, 5) is 4.40. The Morgan fingerprint density at radius 2 is 1.32 bits per heavy atom. The van der Waals surface area contributed by atoms with E-state index in [-0.39, 0.29) is 17.5 Å². The summed E-state index contributed by atoms with van der Waals surface area (Å²) >= 11 is 5.95. The standard InChI is InChI=1S/C18H12ClF2N/c19-11-18-13(12-5-1-3-7-15(12)20)9-10-17(22-18)14-6-2-4-8-16(14)21/h1-10H,11H2. The molecule has 0 aliphatic heterocycles. The molecular formula is C18H12ClF2N. The summed E-state index contributed by atoms with van der Waals surface area (Å²) in [5, 5.41) is 0. The highest BCUT2D eigenvalue weighted by Gasteiger charge is 2.13. The summed E-state index contributed by atoms with van der Waals surface area (Å²) in [6.07, 6.45) is 0. The van der Waals surface area contributed by atoms with Crippen LogP contribution < -0.4 is 0 Å². The highest BCUT2D eigenvalue weighted by atomic mass is 35.5. The quantitative estimate of drug-likeness (QED) is 0.587. The number of nitrogens with zero attached hydrogens (tertiary/aromatic N) is 1. The second-order valence-corrected chi connectivity index (χ2v) is 5.05. The first kappa shape index (κ1) is 14.7. The van der Waals surface area contributed by atoms with E-state index in [0.717, 1.165) is 0 Å². The molecule has 1 aromatic heterocycles. The lowest BCUT2D eigenvalue weighted by Crippen LogP contribution is -1.96. The third kappa shape index (κ3) is 2.72. The number of hydrogen-bond acceptors (Lipinski definition) is 1. The maximum atomic E-state index is 13.9. The molecule has 3 aromatic rings. The third-order valence-electron chi connectivity index (χ3n) is 3.41. The van der Waals surface area contributed by atoms with Crippen LogP contribution in [-0.2, 0) is 5.88 Å². The molecule has 0 atom stereocenters. The molecule has 3 rings (SSSR count). The molecule has 0 aliphatic carbocycles. The maximum absolute atomic E-state index is 13.9. The fraction of sp³-hybridized carbons (Fsp3) is 0.0556. The zero-order valence-corrected chi connectivity index (χ0v) is 12.3. The van der Waals surface area contributed by atoms with E-state index in [0.29, 0.717) is 28.1 Å². The van der Waals surface area contributed by atoms with Crippen LogP contribution in [0.15, 0.2) is 60.7 Å². The zero-order chi connectivity index (χ0) is 15.5. The molecule has 0 saturated carbocycles. The largest absolute Gasteiger partial charge is 0.251 e. The summed E-state index contributed by atoms with van der Waals surface area (Å²) in [7, 11) is 0. The lowest BCUT2D eigenvalue weighted by molar-refractivity contribution is 0.629. The number of benzene rings is 2. The van der Waals surface area contributed by atoms with Crippen molar-refractivity contribution in [3.05, 3.63) is 78.0 Å². The minimum atomic E-state index is -0.353. The van der Waals surface area contributed by atoms with Crippen LogP contribution in [0.2, 0.25) is 0 Å². The van der Waals surface area contributed by atoms with Gasteiger partial charge in [0.2, 0.25) is 0 Å². The summed E-state index contributed by atoms with van der Waals surface area (Å²) in [5.74, 6) is -0.574. The van der Waals surface area contributed by atoms with Crippen molar-refractivity contribution >= 4 is 11.6 Å². The van der Waals surface area contributed by atoms with E-state index in [1.54, 1.807) is 48.5 Å². The van der Waals surface area contributed by atoms with Gasteiger partial charge in [-0.2, -0.15) is 0 Å². The lowest BCUT2D eigenvalue weighted by atomic mass is 10.0. The predicted molar refractivity (Wildman–Crippen MR) is 84.6 cm³/mol. The van der Waals surface area contributed by atoms with Crippen molar-refractivity contribution in [2.45, 2.75) is 5.88 Å². The molecule has 0 N–H and O–H groups in total. The Labute approximate surface area is 132 Å². The Morgan fingerprint density at radius 3 is 1.91 bits per heavy atom. The highest BCUT2D eigenvalue weighted by Crippen LogP contribution is 2.29. The van der Waals surface area contributed by atoms with Gasteiger partial charge < -0.3 is 0 Å². The van der Waals surface area contributed by atoms with Crippen LogP contribution in [0.5, 0.6) is 0 Å². The second-order valence-electron chi connectivity index (χ2n) is 4.78. The fourth-order valence-corrected chi connectivity index (χ4v) is 2.55. The number of hydrogen-bond donors (Lipinski definition) is 0. The highest BCUT2D eigenvalue weighted by molar-refractivity contribution is 6.17. The van der Waals surface area contributed by atoms with Gasteiger partial charge in [-0.3, -0.25) is 4.98 Å². The molecule has 1 nitrogen and oxygen atoms in total. The SMILES string of the molecule is Fc1ccccc1-c1ccc(-c2ccccc2F)c(CCl)n1. The number of aromatic nitrogens is 1. The Morgan fingerprint density at radius 1 is 0.727 bits per heavy atom. The first-order valence-corrected chi connectivity index (χ1v) is 7.30. The first-order valence-electron chi connectivity index (χ1n) is 6.76. The second kappa shape index (κ2) is 6.24. The molecule has 0 radical (unpaired) electrons. The van der Waals surface area contributed by atoms with Gasteiger partial charge in [0.1, 0.15) is 11.6 Å². The van der Waals surface area contributed by atoms with Crippen molar-refractivity contribution < 1.29 is 8.78 Å². The van der Waals surface area contributed by atoms with Gasteiger partial charge in [0.15, 0.2) is 0 Å². The topological polar surface area (TPSA) is 12.9 Å². The minimum Gasteiger partial charge on any atom is -0.251 e. The molecule has 0 amide bonds. The van der Waals surface area contributed by atoms with Crippen molar-refractivity contribution in [3.63, 3.8) is 0 Å². The van der Waals surface area contributed by atoms with E-state index in [9.17, 15) is 8.78 Å². The summed E-state index contributed by atoms with van der Waals surface area (Å²) in [5.41, 5.74) is 2.45. The molecule has 1 heterocycles. The summed E-state index contributed by atoms with van der Waals surface area (Å²) in [6, 6.07) is 16.2. The molecule has 4 heteroatoms. The fourth-order valence-electron chi connectivity index (χ4n) is 2.35. The van der Waals surface area contributed by atoms with Crippen LogP contribution in [0.1, 0.15) is 5.69 Å². The summed E-state index contributed by atoms with van der Waals surface area (Å²) in [6.45, 7) is 0. The van der Waals surface area contributed by atoms with E-state index in [2.05, 4.69) is 4.98 Å². The molecule has 0 fully saturated rings. The van der Waals surface area contributed by atoms with Crippen LogP contribution in [0.25, 0.3) is 22.4 Å².